The van der Waals surface area contributed by atoms with Gasteiger partial charge in [-0.1, -0.05) is 0 Å². The van der Waals surface area contributed by atoms with Crippen LogP contribution >= 0.6 is 0 Å². The van der Waals surface area contributed by atoms with Gasteiger partial charge < -0.3 is 19.0 Å². The number of nitrogens with zero attached hydrogens (tertiary/aromatic N) is 2. The minimum Gasteiger partial charge on any atom is -0.467 e. The van der Waals surface area contributed by atoms with Crippen molar-refractivity contribution >= 4 is 23.1 Å². The van der Waals surface area contributed by atoms with Crippen molar-refractivity contribution in [3.63, 3.8) is 0 Å². The summed E-state index contributed by atoms with van der Waals surface area (Å²) in [5.74, 6) is -0.407. The van der Waals surface area contributed by atoms with E-state index in [-0.39, 0.29) is 22.7 Å². The Bertz CT molecular complexity index is 1100. The number of aryl methyl sites for hydroxylation is 1. The highest BCUT2D eigenvalue weighted by Gasteiger charge is 2.21. The molecule has 2 aromatic heterocycles. The van der Waals surface area contributed by atoms with E-state index < -0.39 is 17.5 Å². The van der Waals surface area contributed by atoms with E-state index in [0.717, 1.165) is 23.2 Å². The number of anilines is 1. The van der Waals surface area contributed by atoms with Crippen molar-refractivity contribution in [2.45, 2.75) is 20.4 Å². The fourth-order valence-corrected chi connectivity index (χ4v) is 3.20. The lowest BCUT2D eigenvalue weighted by Gasteiger charge is -2.08. The van der Waals surface area contributed by atoms with Crippen LogP contribution in [0.15, 0.2) is 47.1 Å². The number of ether oxygens (including phenoxy) is 1. The van der Waals surface area contributed by atoms with Crippen molar-refractivity contribution in [1.82, 2.24) is 4.57 Å². The number of Topliss-reactive ketones (excluding diaryl/α,β-unsaturated/α-hetero) is 1. The van der Waals surface area contributed by atoms with Crippen molar-refractivity contribution in [3.8, 4) is 0 Å². The smallest absolute Gasteiger partial charge is 0.338 e. The van der Waals surface area contributed by atoms with Gasteiger partial charge >= 0.3 is 5.97 Å². The number of carbonyl (C=O) groups excluding carboxylic acids is 2. The second-order valence-corrected chi connectivity index (χ2v) is 6.69. The molecule has 0 spiro atoms. The predicted octanol–water partition coefficient (Wildman–Crippen LogP) is 3.74. The normalized spacial score (nSPS) is 10.6. The molecule has 0 fully saturated rings. The third kappa shape index (κ3) is 4.24. The van der Waals surface area contributed by atoms with E-state index >= 15 is 0 Å². The summed E-state index contributed by atoms with van der Waals surface area (Å²) in [5.41, 5.74) is 2.08. The molecule has 0 aliphatic rings. The van der Waals surface area contributed by atoms with Gasteiger partial charge in [-0.2, -0.15) is 0 Å². The number of esters is 1. The molecule has 2 heterocycles. The number of nitrogens with one attached hydrogen (secondary N) is 1. The largest absolute Gasteiger partial charge is 0.467 e. The molecule has 0 bridgehead atoms. The van der Waals surface area contributed by atoms with Gasteiger partial charge in [0.05, 0.1) is 23.3 Å². The first-order valence-corrected chi connectivity index (χ1v) is 9.17. The molecule has 1 N–H and O–H groups in total. The lowest BCUT2D eigenvalue weighted by atomic mass is 10.1. The minimum absolute atomic E-state index is 0.00297. The maximum Gasteiger partial charge on any atom is 0.338 e. The molecule has 30 heavy (non-hydrogen) atoms. The first-order chi connectivity index (χ1) is 14.3. The van der Waals surface area contributed by atoms with Crippen LogP contribution in [0.2, 0.25) is 0 Å². The first-order valence-electron chi connectivity index (χ1n) is 9.17. The average molecular weight is 411 g/mol. The molecule has 0 atom stereocenters. The van der Waals surface area contributed by atoms with Crippen LogP contribution in [0, 0.1) is 24.0 Å². The Morgan fingerprint density at radius 1 is 1.23 bits per heavy atom. The SMILES string of the molecule is CNc1ccc(C(=O)OCC(=O)c2cc(C)n(Cc3ccco3)c2C)cc1[N+](=O)[O-]. The van der Waals surface area contributed by atoms with Gasteiger partial charge in [0.25, 0.3) is 5.69 Å². The van der Waals surface area contributed by atoms with Gasteiger partial charge in [0, 0.05) is 30.1 Å². The molecule has 0 aliphatic carbocycles. The van der Waals surface area contributed by atoms with Crippen LogP contribution in [-0.2, 0) is 11.3 Å². The monoisotopic (exact) mass is 411 g/mol. The molecule has 9 nitrogen and oxygen atoms in total. The quantitative estimate of drug-likeness (QED) is 0.260. The minimum atomic E-state index is -0.807. The van der Waals surface area contributed by atoms with Gasteiger partial charge in [-0.25, -0.2) is 4.79 Å². The lowest BCUT2D eigenvalue weighted by molar-refractivity contribution is -0.384. The summed E-state index contributed by atoms with van der Waals surface area (Å²) in [6.07, 6.45) is 1.59. The van der Waals surface area contributed by atoms with Crippen LogP contribution in [0.25, 0.3) is 0 Å². The molecular weight excluding hydrogens is 390 g/mol. The molecule has 0 unspecified atom stereocenters. The highest BCUT2D eigenvalue weighted by molar-refractivity contribution is 6.00. The van der Waals surface area contributed by atoms with Gasteiger partial charge in [0.15, 0.2) is 6.61 Å². The number of ketones is 1. The van der Waals surface area contributed by atoms with E-state index in [0.29, 0.717) is 12.1 Å². The van der Waals surface area contributed by atoms with E-state index in [4.69, 9.17) is 9.15 Å². The molecule has 3 rings (SSSR count). The number of benzene rings is 1. The first kappa shape index (κ1) is 20.8. The van der Waals surface area contributed by atoms with Gasteiger partial charge in [-0.15, -0.1) is 0 Å². The van der Waals surface area contributed by atoms with E-state index in [1.165, 1.54) is 12.1 Å². The van der Waals surface area contributed by atoms with Crippen molar-refractivity contribution in [1.29, 1.82) is 0 Å². The van der Waals surface area contributed by atoms with Crippen LogP contribution < -0.4 is 5.32 Å². The molecule has 0 amide bonds. The van der Waals surface area contributed by atoms with Crippen LogP contribution in [0.3, 0.4) is 0 Å². The molecule has 156 valence electrons. The van der Waals surface area contributed by atoms with Crippen LogP contribution in [0.4, 0.5) is 11.4 Å². The predicted molar refractivity (Wildman–Crippen MR) is 109 cm³/mol. The second kappa shape index (κ2) is 8.64. The molecule has 0 saturated carbocycles. The number of hydrogen-bond acceptors (Lipinski definition) is 7. The maximum absolute atomic E-state index is 12.6. The van der Waals surface area contributed by atoms with E-state index in [1.807, 2.05) is 24.5 Å². The van der Waals surface area contributed by atoms with Gasteiger partial charge in [-0.3, -0.25) is 14.9 Å². The zero-order valence-electron chi connectivity index (χ0n) is 16.8. The Balaban J connectivity index is 1.71. The van der Waals surface area contributed by atoms with E-state index in [9.17, 15) is 19.7 Å². The number of furan rings is 1. The average Bonchev–Trinajstić information content (AvgIpc) is 3.35. The Morgan fingerprint density at radius 3 is 2.63 bits per heavy atom. The number of aromatic nitrogens is 1. The zero-order valence-corrected chi connectivity index (χ0v) is 16.8. The summed E-state index contributed by atoms with van der Waals surface area (Å²) in [7, 11) is 1.54. The number of rotatable bonds is 8. The highest BCUT2D eigenvalue weighted by Crippen LogP contribution is 2.25. The molecule has 3 aromatic rings. The molecule has 9 heteroatoms. The fourth-order valence-electron chi connectivity index (χ4n) is 3.20. The van der Waals surface area contributed by atoms with E-state index in [1.54, 1.807) is 25.4 Å². The van der Waals surface area contributed by atoms with Crippen LogP contribution in [-0.4, -0.2) is 34.9 Å². The standard InChI is InChI=1S/C21H21N3O6/c1-13-9-17(14(2)23(13)11-16-5-4-8-29-16)20(25)12-30-21(26)15-6-7-18(22-3)19(10-15)24(27)28/h4-10,22H,11-12H2,1-3H3. The molecule has 1 aromatic carbocycles. The summed E-state index contributed by atoms with van der Waals surface area (Å²) < 4.78 is 12.4. The Kier molecular flexibility index (Phi) is 6.01. The Hall–Kier alpha value is -3.88. The lowest BCUT2D eigenvalue weighted by Crippen LogP contribution is -2.15. The van der Waals surface area contributed by atoms with Gasteiger partial charge in [-0.05, 0) is 44.2 Å². The molecule has 0 aliphatic heterocycles. The van der Waals surface area contributed by atoms with Crippen molar-refractivity contribution in [2.75, 3.05) is 19.0 Å². The van der Waals surface area contributed by atoms with Crippen molar-refractivity contribution in [3.05, 3.63) is 81.1 Å². The summed E-state index contributed by atoms with van der Waals surface area (Å²) >= 11 is 0. The summed E-state index contributed by atoms with van der Waals surface area (Å²) in [4.78, 5) is 35.4. The van der Waals surface area contributed by atoms with Crippen LogP contribution in [0.5, 0.6) is 0 Å². The second-order valence-electron chi connectivity index (χ2n) is 6.69. The number of carbonyl (C=O) groups is 2. The molecule has 0 saturated heterocycles. The summed E-state index contributed by atoms with van der Waals surface area (Å²) in [5, 5.41) is 13.8. The zero-order chi connectivity index (χ0) is 21.8. The Labute approximate surface area is 172 Å². The van der Waals surface area contributed by atoms with Gasteiger partial charge in [0.1, 0.15) is 11.4 Å². The van der Waals surface area contributed by atoms with Gasteiger partial charge in [0.2, 0.25) is 5.78 Å². The maximum atomic E-state index is 12.6. The number of nitro benzene ring substituents is 1. The number of nitro groups is 1. The topological polar surface area (TPSA) is 117 Å². The number of hydrogen-bond donors (Lipinski definition) is 1. The van der Waals surface area contributed by atoms with Crippen molar-refractivity contribution < 1.29 is 23.7 Å². The summed E-state index contributed by atoms with van der Waals surface area (Å²) in [6, 6.07) is 9.32. The fraction of sp³-hybridized carbons (Fsp3) is 0.238. The summed E-state index contributed by atoms with van der Waals surface area (Å²) in [6.45, 7) is 3.71. The molecule has 0 radical (unpaired) electrons. The highest BCUT2D eigenvalue weighted by atomic mass is 16.6. The third-order valence-corrected chi connectivity index (χ3v) is 4.80. The molecular formula is C21H21N3O6. The Morgan fingerprint density at radius 2 is 2.00 bits per heavy atom. The van der Waals surface area contributed by atoms with Crippen LogP contribution in [0.1, 0.15) is 37.9 Å². The van der Waals surface area contributed by atoms with E-state index in [2.05, 4.69) is 5.32 Å². The third-order valence-electron chi connectivity index (χ3n) is 4.80. The van der Waals surface area contributed by atoms with Crippen molar-refractivity contribution in [2.24, 2.45) is 0 Å².